The van der Waals surface area contributed by atoms with Gasteiger partial charge in [-0.25, -0.2) is 0 Å². The monoisotopic (exact) mass is 631 g/mol. The van der Waals surface area contributed by atoms with Crippen LogP contribution in [0.4, 0.5) is 9.80 Å². The number of rotatable bonds is 10. The number of nitrogens with zero attached hydrogens (tertiary/aromatic N) is 5. The Bertz CT molecular complexity index is 1750. The number of pyridine rings is 1. The van der Waals surface area contributed by atoms with E-state index < -0.39 is 31.6 Å². The zero-order valence-electron chi connectivity index (χ0n) is 25.9. The molecule has 0 saturated carbocycles. The molecule has 4 heterocycles. The van der Waals surface area contributed by atoms with Crippen LogP contribution in [-0.2, 0) is 34.6 Å². The molecule has 2 aliphatic heterocycles. The minimum Gasteiger partial charge on any atom is -0.491 e. The van der Waals surface area contributed by atoms with E-state index in [0.29, 0.717) is 37.3 Å². The molecule has 2 aromatic heterocycles. The van der Waals surface area contributed by atoms with Crippen molar-refractivity contribution in [2.24, 2.45) is 5.92 Å². The predicted molar refractivity (Wildman–Crippen MR) is 170 cm³/mol. The zero-order chi connectivity index (χ0) is 31.9. The van der Waals surface area contributed by atoms with Crippen molar-refractivity contribution < 1.29 is 23.5 Å². The molecule has 6 rings (SSSR count). The van der Waals surface area contributed by atoms with Crippen molar-refractivity contribution >= 4 is 20.0 Å². The van der Waals surface area contributed by atoms with Crippen molar-refractivity contribution in [3.63, 3.8) is 0 Å². The second-order valence-corrected chi connectivity index (χ2v) is 16.1. The van der Waals surface area contributed by atoms with Gasteiger partial charge in [-0.15, -0.1) is 5.10 Å². The maximum Gasteiger partial charge on any atom is 0.297 e. The van der Waals surface area contributed by atoms with Gasteiger partial charge in [0.15, 0.2) is 11.4 Å². The van der Waals surface area contributed by atoms with E-state index in [1.54, 1.807) is 47.2 Å². The van der Waals surface area contributed by atoms with E-state index >= 15 is 4.11 Å². The average Bonchev–Trinajstić information content (AvgIpc) is 3.67. The number of halogens is 1. The predicted octanol–water partition coefficient (Wildman–Crippen LogP) is 4.38. The second kappa shape index (κ2) is 12.0. The van der Waals surface area contributed by atoms with Crippen molar-refractivity contribution in [1.29, 1.82) is 0 Å². The van der Waals surface area contributed by atoms with Crippen LogP contribution in [0.15, 0.2) is 77.9 Å². The average molecular weight is 632 g/mol. The fraction of sp³-hybridized carbons (Fsp3) is 0.394. The van der Waals surface area contributed by atoms with E-state index in [1.807, 2.05) is 55.5 Å². The largest absolute Gasteiger partial charge is 0.491 e. The summed E-state index contributed by atoms with van der Waals surface area (Å²) in [5, 5.41) is 17.5. The number of hydrogen-bond acceptors (Lipinski definition) is 7. The van der Waals surface area contributed by atoms with Gasteiger partial charge in [0, 0.05) is 54.7 Å². The molecule has 12 heteroatoms. The summed E-state index contributed by atoms with van der Waals surface area (Å²) in [4.78, 5) is 29.0. The van der Waals surface area contributed by atoms with Gasteiger partial charge in [-0.1, -0.05) is 42.5 Å². The normalized spacial score (nSPS) is 22.8. The second-order valence-electron chi connectivity index (χ2n) is 12.3. The van der Waals surface area contributed by atoms with E-state index in [9.17, 15) is 14.7 Å². The van der Waals surface area contributed by atoms with Crippen molar-refractivity contribution in [1.82, 2.24) is 19.6 Å². The third kappa shape index (κ3) is 5.40. The molecule has 236 valence electrons. The first kappa shape index (κ1) is 30.9. The summed E-state index contributed by atoms with van der Waals surface area (Å²) < 4.78 is 31.3. The summed E-state index contributed by atoms with van der Waals surface area (Å²) in [5.74, 6) is -0.336. The number of carbonyl (C=O) groups excluding carboxylic acids is 1. The van der Waals surface area contributed by atoms with Crippen molar-refractivity contribution in [2.45, 2.75) is 63.2 Å². The van der Waals surface area contributed by atoms with E-state index in [2.05, 4.69) is 10.3 Å². The third-order valence-corrected chi connectivity index (χ3v) is 11.6. The van der Waals surface area contributed by atoms with Gasteiger partial charge in [-0.2, -0.15) is 0 Å². The first-order chi connectivity index (χ1) is 21.6. The Morgan fingerprint density at radius 1 is 1.09 bits per heavy atom. The van der Waals surface area contributed by atoms with Gasteiger partial charge in [-0.3, -0.25) is 18.8 Å². The van der Waals surface area contributed by atoms with Gasteiger partial charge in [0.05, 0.1) is 31.1 Å². The Morgan fingerprint density at radius 3 is 2.56 bits per heavy atom. The molecule has 0 aliphatic carbocycles. The molecule has 1 spiro atoms. The highest BCUT2D eigenvalue weighted by Gasteiger charge is 2.66. The number of aliphatic hydroxyl groups is 1. The Labute approximate surface area is 262 Å². The maximum absolute atomic E-state index is 16.1. The lowest BCUT2D eigenvalue weighted by atomic mass is 9.82. The van der Waals surface area contributed by atoms with E-state index in [1.165, 1.54) is 11.7 Å². The molecule has 1 saturated heterocycles. The number of amides is 1. The number of carbonyl (C=O) groups is 1. The van der Waals surface area contributed by atoms with Gasteiger partial charge >= 0.3 is 0 Å². The lowest BCUT2D eigenvalue weighted by Gasteiger charge is -2.31. The highest BCUT2D eigenvalue weighted by atomic mass is 28.4. The highest BCUT2D eigenvalue weighted by molar-refractivity contribution is 6.72. The molecule has 1 fully saturated rings. The molecule has 2 aromatic carbocycles. The van der Waals surface area contributed by atoms with Crippen LogP contribution >= 0.6 is 0 Å². The number of para-hydroxylation sites is 1. The van der Waals surface area contributed by atoms with Gasteiger partial charge in [0.25, 0.3) is 11.5 Å². The molecular weight excluding hydrogens is 593 g/mol. The molecule has 10 nitrogen and oxygen atoms in total. The zero-order valence-corrected chi connectivity index (χ0v) is 26.9. The Hall–Kier alpha value is -4.13. The fourth-order valence-electron chi connectivity index (χ4n) is 7.14. The minimum absolute atomic E-state index is 0.0152. The van der Waals surface area contributed by atoms with E-state index in [0.717, 1.165) is 16.8 Å². The number of methoxy groups -OCH3 is 1. The summed E-state index contributed by atoms with van der Waals surface area (Å²) in [5.41, 5.74) is 1.77. The van der Waals surface area contributed by atoms with Crippen molar-refractivity contribution in [3.8, 4) is 11.4 Å². The summed E-state index contributed by atoms with van der Waals surface area (Å²) in [6, 6.07) is 18.5. The summed E-state index contributed by atoms with van der Waals surface area (Å²) in [7, 11) is -1.83. The molecule has 0 bridgehead atoms. The lowest BCUT2D eigenvalue weighted by molar-refractivity contribution is -0.146. The number of hydrogen-bond donors (Lipinski definition) is 1. The van der Waals surface area contributed by atoms with Crippen LogP contribution in [0.1, 0.15) is 30.2 Å². The minimum atomic E-state index is -3.30. The summed E-state index contributed by atoms with van der Waals surface area (Å²) in [6.45, 7) is 6.06. The molecular formula is C33H38FN5O5Si. The fourth-order valence-corrected chi connectivity index (χ4v) is 9.68. The van der Waals surface area contributed by atoms with Gasteiger partial charge < -0.3 is 23.6 Å². The molecule has 0 unspecified atom stereocenters. The molecule has 1 amide bonds. The van der Waals surface area contributed by atoms with Gasteiger partial charge in [0.2, 0.25) is 8.41 Å². The third-order valence-electron chi connectivity index (χ3n) is 9.15. The van der Waals surface area contributed by atoms with E-state index in [4.69, 9.17) is 9.47 Å². The number of aromatic nitrogens is 4. The van der Waals surface area contributed by atoms with E-state index in [-0.39, 0.29) is 23.8 Å². The number of ether oxygens (including phenoxy) is 2. The lowest BCUT2D eigenvalue weighted by Crippen LogP contribution is -2.45. The molecule has 45 heavy (non-hydrogen) atoms. The standard InChI is InChI=1S/C33H38FN5O5Si/c1-22-30(45(3,4)34)28(15-18-37-21-24(16-19-40)35-36-37)44-33(22)26-8-5-6-9-27(26)39(32(33)42)20-23-11-13-25(14-12-23)38-17-7-10-29(43-2)31(38)41/h5-14,17,21-22,28,30,40H,15-16,18-20H2,1-4H3/t22-,28+,30-,33+/m0/s1. The topological polar surface area (TPSA) is 112 Å². The highest BCUT2D eigenvalue weighted by Crippen LogP contribution is 2.60. The number of fused-ring (bicyclic) bond motifs is 2. The smallest absolute Gasteiger partial charge is 0.297 e. The molecule has 4 aromatic rings. The Kier molecular flexibility index (Phi) is 8.23. The van der Waals surface area contributed by atoms with Crippen LogP contribution in [0.5, 0.6) is 5.75 Å². The molecule has 0 radical (unpaired) electrons. The maximum atomic E-state index is 16.1. The van der Waals surface area contributed by atoms with Crippen LogP contribution in [0, 0.1) is 5.92 Å². The van der Waals surface area contributed by atoms with Crippen LogP contribution in [-0.4, -0.2) is 58.8 Å². The molecule has 1 N–H and O–H groups in total. The number of anilines is 1. The van der Waals surface area contributed by atoms with Gasteiger partial charge in [0.1, 0.15) is 0 Å². The van der Waals surface area contributed by atoms with Crippen LogP contribution in [0.2, 0.25) is 18.6 Å². The Balaban J connectivity index is 1.29. The quantitative estimate of drug-likeness (QED) is 0.204. The SMILES string of the molecule is COc1cccn(-c2ccc(CN3C(=O)[C@]4(O[C@H](CCn5cc(CCO)nn5)[C@@H]([Si](C)(C)F)[C@@H]4C)c4ccccc43)cc2)c1=O. The summed E-state index contributed by atoms with van der Waals surface area (Å²) in [6.07, 6.45) is 3.86. The van der Waals surface area contributed by atoms with Crippen LogP contribution in [0.3, 0.4) is 0 Å². The first-order valence-corrected chi connectivity index (χ1v) is 18.2. The van der Waals surface area contributed by atoms with Crippen LogP contribution < -0.4 is 15.2 Å². The number of aliphatic hydroxyl groups excluding tert-OH is 1. The van der Waals surface area contributed by atoms with Crippen molar-refractivity contribution in [2.75, 3.05) is 18.6 Å². The van der Waals surface area contributed by atoms with Crippen LogP contribution in [0.25, 0.3) is 5.69 Å². The van der Waals surface area contributed by atoms with Crippen molar-refractivity contribution in [3.05, 3.63) is 100 Å². The summed E-state index contributed by atoms with van der Waals surface area (Å²) >= 11 is 0. The van der Waals surface area contributed by atoms with Gasteiger partial charge in [-0.05, 0) is 55.4 Å². The molecule has 2 aliphatic rings. The first-order valence-electron chi connectivity index (χ1n) is 15.2. The number of benzene rings is 2. The Morgan fingerprint density at radius 2 is 1.84 bits per heavy atom. The number of aryl methyl sites for hydroxylation is 1. The molecule has 4 atom stereocenters.